The fraction of sp³-hybridized carbons (Fsp3) is 0.680. The average molecular weight is 419 g/mol. The number of benzene rings is 1. The molecule has 0 saturated heterocycles. The highest BCUT2D eigenvalue weighted by Crippen LogP contribution is 2.12. The van der Waals surface area contributed by atoms with Crippen molar-refractivity contribution in [2.24, 2.45) is 0 Å². The molecule has 0 aliphatic heterocycles. The molecule has 1 aromatic carbocycles. The normalized spacial score (nSPS) is 10.7. The summed E-state index contributed by atoms with van der Waals surface area (Å²) < 4.78 is 0. The van der Waals surface area contributed by atoms with Gasteiger partial charge in [0, 0.05) is 19.5 Å². The van der Waals surface area contributed by atoms with Gasteiger partial charge in [-0.3, -0.25) is 4.79 Å². The van der Waals surface area contributed by atoms with Crippen LogP contribution < -0.4 is 5.32 Å². The van der Waals surface area contributed by atoms with Crippen molar-refractivity contribution in [2.75, 3.05) is 13.1 Å². The molecule has 29 heavy (non-hydrogen) atoms. The first-order chi connectivity index (χ1) is 14.2. The standard InChI is InChI=1S/C25H42N2OS/c1-3-5-6-7-8-9-10-11-12-13-17-20-24(28)26-25(29)27(4-2)22-21-23-18-15-14-16-19-23/h14-16,18-19H,3-13,17,20-22H2,1-2H3,(H,26,28,29). The summed E-state index contributed by atoms with van der Waals surface area (Å²) in [6.07, 6.45) is 15.8. The van der Waals surface area contributed by atoms with Gasteiger partial charge in [-0.1, -0.05) is 101 Å². The number of hydrogen-bond donors (Lipinski definition) is 1. The monoisotopic (exact) mass is 418 g/mol. The van der Waals surface area contributed by atoms with Crippen molar-refractivity contribution >= 4 is 23.2 Å². The summed E-state index contributed by atoms with van der Waals surface area (Å²) in [5.41, 5.74) is 1.29. The maximum Gasteiger partial charge on any atom is 0.226 e. The van der Waals surface area contributed by atoms with Crippen LogP contribution in [-0.2, 0) is 11.2 Å². The Hall–Kier alpha value is -1.42. The lowest BCUT2D eigenvalue weighted by molar-refractivity contribution is -0.119. The van der Waals surface area contributed by atoms with Crippen LogP contribution in [-0.4, -0.2) is 29.0 Å². The Bertz CT molecular complexity index is 547. The first-order valence-corrected chi connectivity index (χ1v) is 12.2. The van der Waals surface area contributed by atoms with E-state index in [1.807, 2.05) is 6.07 Å². The Morgan fingerprint density at radius 1 is 0.862 bits per heavy atom. The Balaban J connectivity index is 2.05. The maximum absolute atomic E-state index is 12.2. The molecule has 0 radical (unpaired) electrons. The molecular formula is C25H42N2OS. The van der Waals surface area contributed by atoms with Gasteiger partial charge in [-0.2, -0.15) is 0 Å². The van der Waals surface area contributed by atoms with Crippen molar-refractivity contribution < 1.29 is 4.79 Å². The van der Waals surface area contributed by atoms with Gasteiger partial charge in [0.15, 0.2) is 5.11 Å². The lowest BCUT2D eigenvalue weighted by Gasteiger charge is -2.23. The van der Waals surface area contributed by atoms with Gasteiger partial charge >= 0.3 is 0 Å². The molecule has 0 saturated carbocycles. The number of thiocarbonyl (C=S) groups is 1. The maximum atomic E-state index is 12.2. The second-order valence-corrected chi connectivity index (χ2v) is 8.34. The van der Waals surface area contributed by atoms with Crippen LogP contribution >= 0.6 is 12.2 Å². The Labute approximate surface area is 184 Å². The molecule has 1 amide bonds. The highest BCUT2D eigenvalue weighted by Gasteiger charge is 2.11. The molecule has 0 bridgehead atoms. The van der Waals surface area contributed by atoms with Crippen molar-refractivity contribution in [3.05, 3.63) is 35.9 Å². The van der Waals surface area contributed by atoms with Gasteiger partial charge in [-0.05, 0) is 37.5 Å². The average Bonchev–Trinajstić information content (AvgIpc) is 2.73. The topological polar surface area (TPSA) is 32.3 Å². The van der Waals surface area contributed by atoms with E-state index in [4.69, 9.17) is 12.2 Å². The van der Waals surface area contributed by atoms with E-state index in [0.717, 1.165) is 32.4 Å². The summed E-state index contributed by atoms with van der Waals surface area (Å²) in [4.78, 5) is 14.3. The third-order valence-corrected chi connectivity index (χ3v) is 5.80. The minimum atomic E-state index is 0.0593. The zero-order chi connectivity index (χ0) is 21.2. The van der Waals surface area contributed by atoms with Gasteiger partial charge in [-0.15, -0.1) is 0 Å². The summed E-state index contributed by atoms with van der Waals surface area (Å²) in [5.74, 6) is 0.0593. The van der Waals surface area contributed by atoms with Gasteiger partial charge in [0.1, 0.15) is 0 Å². The van der Waals surface area contributed by atoms with E-state index in [-0.39, 0.29) is 5.91 Å². The Morgan fingerprint density at radius 2 is 1.41 bits per heavy atom. The first-order valence-electron chi connectivity index (χ1n) is 11.8. The third kappa shape index (κ3) is 13.4. The third-order valence-electron chi connectivity index (χ3n) is 5.44. The molecule has 0 fully saturated rings. The van der Waals surface area contributed by atoms with Crippen molar-refractivity contribution in [3.63, 3.8) is 0 Å². The SMILES string of the molecule is CCCCCCCCCCCCCC(=O)NC(=S)N(CC)CCc1ccccc1. The largest absolute Gasteiger partial charge is 0.349 e. The molecular weight excluding hydrogens is 376 g/mol. The van der Waals surface area contributed by atoms with Crippen LogP contribution in [0.2, 0.25) is 0 Å². The lowest BCUT2D eigenvalue weighted by Crippen LogP contribution is -2.43. The zero-order valence-electron chi connectivity index (χ0n) is 18.8. The van der Waals surface area contributed by atoms with E-state index in [0.29, 0.717) is 11.5 Å². The fourth-order valence-corrected chi connectivity index (χ4v) is 3.86. The van der Waals surface area contributed by atoms with Crippen molar-refractivity contribution in [1.82, 2.24) is 10.2 Å². The van der Waals surface area contributed by atoms with E-state index in [2.05, 4.69) is 48.3 Å². The molecule has 1 rings (SSSR count). The molecule has 164 valence electrons. The smallest absolute Gasteiger partial charge is 0.226 e. The predicted octanol–water partition coefficient (Wildman–Crippen LogP) is 6.65. The van der Waals surface area contributed by atoms with Gasteiger partial charge in [-0.25, -0.2) is 0 Å². The Morgan fingerprint density at radius 3 is 1.97 bits per heavy atom. The zero-order valence-corrected chi connectivity index (χ0v) is 19.6. The van der Waals surface area contributed by atoms with E-state index in [1.54, 1.807) is 0 Å². The molecule has 1 N–H and O–H groups in total. The number of unbranched alkanes of at least 4 members (excludes halogenated alkanes) is 10. The number of nitrogens with one attached hydrogen (secondary N) is 1. The van der Waals surface area contributed by atoms with Crippen LogP contribution in [0.5, 0.6) is 0 Å². The summed E-state index contributed by atoms with van der Waals surface area (Å²) in [6, 6.07) is 10.4. The quantitative estimate of drug-likeness (QED) is 0.241. The summed E-state index contributed by atoms with van der Waals surface area (Å²) in [6.45, 7) is 5.98. The highest BCUT2D eigenvalue weighted by molar-refractivity contribution is 7.80. The molecule has 0 heterocycles. The lowest BCUT2D eigenvalue weighted by atomic mass is 10.1. The molecule has 4 heteroatoms. The number of amides is 1. The van der Waals surface area contributed by atoms with Crippen molar-refractivity contribution in [1.29, 1.82) is 0 Å². The number of likely N-dealkylation sites (N-methyl/N-ethyl adjacent to an activating group) is 1. The number of rotatable bonds is 16. The number of carbonyl (C=O) groups is 1. The van der Waals surface area contributed by atoms with Crippen LogP contribution in [0.25, 0.3) is 0 Å². The fourth-order valence-electron chi connectivity index (χ4n) is 3.52. The van der Waals surface area contributed by atoms with Crippen LogP contribution in [0.1, 0.15) is 96.5 Å². The second-order valence-electron chi connectivity index (χ2n) is 7.95. The minimum Gasteiger partial charge on any atom is -0.349 e. The van der Waals surface area contributed by atoms with Gasteiger partial charge < -0.3 is 10.2 Å². The summed E-state index contributed by atoms with van der Waals surface area (Å²) in [5, 5.41) is 3.49. The van der Waals surface area contributed by atoms with E-state index in [1.165, 1.54) is 63.4 Å². The predicted molar refractivity (Wildman–Crippen MR) is 129 cm³/mol. The molecule has 0 unspecified atom stereocenters. The first kappa shape index (κ1) is 25.6. The van der Waals surface area contributed by atoms with Crippen LogP contribution in [0.4, 0.5) is 0 Å². The van der Waals surface area contributed by atoms with Crippen molar-refractivity contribution in [3.8, 4) is 0 Å². The Kier molecular flexibility index (Phi) is 15.4. The molecule has 0 aliphatic carbocycles. The minimum absolute atomic E-state index is 0.0593. The number of nitrogens with zero attached hydrogens (tertiary/aromatic N) is 1. The molecule has 0 spiro atoms. The van der Waals surface area contributed by atoms with E-state index in [9.17, 15) is 4.79 Å². The van der Waals surface area contributed by atoms with E-state index >= 15 is 0 Å². The molecule has 3 nitrogen and oxygen atoms in total. The summed E-state index contributed by atoms with van der Waals surface area (Å²) >= 11 is 5.45. The van der Waals surface area contributed by atoms with Crippen LogP contribution in [0, 0.1) is 0 Å². The van der Waals surface area contributed by atoms with Crippen molar-refractivity contribution in [2.45, 2.75) is 97.3 Å². The second kappa shape index (κ2) is 17.4. The molecule has 0 aliphatic rings. The molecule has 0 atom stereocenters. The highest BCUT2D eigenvalue weighted by atomic mass is 32.1. The molecule has 0 aromatic heterocycles. The van der Waals surface area contributed by atoms with Gasteiger partial charge in [0.25, 0.3) is 0 Å². The molecule has 1 aromatic rings. The number of carbonyl (C=O) groups excluding carboxylic acids is 1. The number of hydrogen-bond acceptors (Lipinski definition) is 2. The van der Waals surface area contributed by atoms with Gasteiger partial charge in [0.2, 0.25) is 5.91 Å². The van der Waals surface area contributed by atoms with E-state index < -0.39 is 0 Å². The summed E-state index contributed by atoms with van der Waals surface area (Å²) in [7, 11) is 0. The van der Waals surface area contributed by atoms with Crippen LogP contribution in [0.15, 0.2) is 30.3 Å². The van der Waals surface area contributed by atoms with Crippen LogP contribution in [0.3, 0.4) is 0 Å². The van der Waals surface area contributed by atoms with Gasteiger partial charge in [0.05, 0.1) is 0 Å².